The van der Waals surface area contributed by atoms with Crippen LogP contribution in [-0.4, -0.2) is 22.9 Å². The van der Waals surface area contributed by atoms with Gasteiger partial charge in [-0.25, -0.2) is 4.39 Å². The van der Waals surface area contributed by atoms with Crippen LogP contribution >= 0.6 is 0 Å². The average Bonchev–Trinajstić information content (AvgIpc) is 2.38. The largest absolute Gasteiger partial charge is 0.383 e. The number of anilines is 1. The number of benzene rings is 1. The zero-order chi connectivity index (χ0) is 15.6. The van der Waals surface area contributed by atoms with Crippen molar-refractivity contribution >= 4 is 17.3 Å². The summed E-state index contributed by atoms with van der Waals surface area (Å²) in [6.45, 7) is 4.12. The van der Waals surface area contributed by atoms with Gasteiger partial charge in [0.2, 0.25) is 0 Å². The van der Waals surface area contributed by atoms with E-state index in [0.29, 0.717) is 6.54 Å². The van der Waals surface area contributed by atoms with Crippen molar-refractivity contribution in [2.45, 2.75) is 38.6 Å². The molecule has 0 saturated heterocycles. The molecule has 114 valence electrons. The minimum absolute atomic E-state index is 0.0898. The Kier molecular flexibility index (Phi) is 4.11. The Morgan fingerprint density at radius 1 is 1.48 bits per heavy atom. The molecular formula is C14H18FN3O3. The van der Waals surface area contributed by atoms with Gasteiger partial charge in [-0.05, 0) is 39.2 Å². The van der Waals surface area contributed by atoms with Crippen LogP contribution in [0.5, 0.6) is 0 Å². The fraction of sp³-hybridized carbons (Fsp3) is 0.500. The Balaban J connectivity index is 2.36. The number of nitrogens with zero attached hydrogens (tertiary/aromatic N) is 1. The third kappa shape index (κ3) is 3.12. The smallest absolute Gasteiger partial charge is 0.285 e. The SMILES string of the molecule is CCNc1cc(C(=O)NC2(C)CCC2)c([N+](=O)[O-])cc1F. The summed E-state index contributed by atoms with van der Waals surface area (Å²) in [6.07, 6.45) is 2.70. The van der Waals surface area contributed by atoms with E-state index in [4.69, 9.17) is 0 Å². The number of rotatable bonds is 5. The summed E-state index contributed by atoms with van der Waals surface area (Å²) in [6, 6.07) is 1.99. The Bertz CT molecular complexity index is 585. The zero-order valence-electron chi connectivity index (χ0n) is 12.0. The molecule has 0 radical (unpaired) electrons. The minimum Gasteiger partial charge on any atom is -0.383 e. The second-order valence-corrected chi connectivity index (χ2v) is 5.50. The van der Waals surface area contributed by atoms with E-state index in [0.717, 1.165) is 25.3 Å². The first kappa shape index (κ1) is 15.2. The number of nitro groups is 1. The molecule has 0 bridgehead atoms. The summed E-state index contributed by atoms with van der Waals surface area (Å²) >= 11 is 0. The van der Waals surface area contributed by atoms with Crippen LogP contribution in [0.4, 0.5) is 15.8 Å². The van der Waals surface area contributed by atoms with Crippen molar-refractivity contribution in [3.63, 3.8) is 0 Å². The van der Waals surface area contributed by atoms with E-state index < -0.39 is 22.3 Å². The normalized spacial score (nSPS) is 16.0. The first-order valence-electron chi connectivity index (χ1n) is 6.90. The summed E-state index contributed by atoms with van der Waals surface area (Å²) < 4.78 is 13.8. The van der Waals surface area contributed by atoms with Crippen molar-refractivity contribution in [3.8, 4) is 0 Å². The highest BCUT2D eigenvalue weighted by atomic mass is 19.1. The van der Waals surface area contributed by atoms with E-state index in [1.807, 2.05) is 6.92 Å². The molecule has 7 heteroatoms. The van der Waals surface area contributed by atoms with Gasteiger partial charge in [0.15, 0.2) is 5.82 Å². The van der Waals surface area contributed by atoms with E-state index in [1.165, 1.54) is 6.07 Å². The highest BCUT2D eigenvalue weighted by Gasteiger charge is 2.35. The van der Waals surface area contributed by atoms with Crippen molar-refractivity contribution in [1.29, 1.82) is 0 Å². The first-order chi connectivity index (χ1) is 9.86. The highest BCUT2D eigenvalue weighted by molar-refractivity contribution is 5.99. The highest BCUT2D eigenvalue weighted by Crippen LogP contribution is 2.32. The Morgan fingerprint density at radius 3 is 2.62 bits per heavy atom. The third-order valence-corrected chi connectivity index (χ3v) is 3.77. The summed E-state index contributed by atoms with van der Waals surface area (Å²) in [7, 11) is 0. The maximum atomic E-state index is 13.8. The fourth-order valence-corrected chi connectivity index (χ4v) is 2.40. The maximum Gasteiger partial charge on any atom is 0.285 e. The van der Waals surface area contributed by atoms with Gasteiger partial charge in [-0.2, -0.15) is 0 Å². The summed E-state index contributed by atoms with van der Waals surface area (Å²) in [5, 5.41) is 16.6. The number of nitro benzene ring substituents is 1. The van der Waals surface area contributed by atoms with Crippen LogP contribution in [-0.2, 0) is 0 Å². The number of halogens is 1. The van der Waals surface area contributed by atoms with Crippen LogP contribution in [0.15, 0.2) is 12.1 Å². The molecule has 1 amide bonds. The van der Waals surface area contributed by atoms with Gasteiger partial charge in [0, 0.05) is 12.1 Å². The Morgan fingerprint density at radius 2 is 2.14 bits per heavy atom. The fourth-order valence-electron chi connectivity index (χ4n) is 2.40. The standard InChI is InChI=1S/C14H18FN3O3/c1-3-16-11-7-9(12(18(20)21)8-10(11)15)13(19)17-14(2)5-4-6-14/h7-8,16H,3-6H2,1-2H3,(H,17,19). The molecule has 0 heterocycles. The molecule has 1 fully saturated rings. The van der Waals surface area contributed by atoms with E-state index in [-0.39, 0.29) is 16.8 Å². The van der Waals surface area contributed by atoms with Crippen LogP contribution in [0.2, 0.25) is 0 Å². The Labute approximate surface area is 121 Å². The van der Waals surface area contributed by atoms with Crippen LogP contribution in [0.25, 0.3) is 0 Å². The molecule has 1 aliphatic rings. The molecule has 2 N–H and O–H groups in total. The second-order valence-electron chi connectivity index (χ2n) is 5.50. The summed E-state index contributed by atoms with van der Waals surface area (Å²) in [5.41, 5.74) is -0.871. The second kappa shape index (κ2) is 5.67. The van der Waals surface area contributed by atoms with Gasteiger partial charge < -0.3 is 10.6 Å². The van der Waals surface area contributed by atoms with Gasteiger partial charge in [-0.1, -0.05) is 0 Å². The van der Waals surface area contributed by atoms with Crippen LogP contribution in [0.1, 0.15) is 43.5 Å². The first-order valence-corrected chi connectivity index (χ1v) is 6.90. The summed E-state index contributed by atoms with van der Waals surface area (Å²) in [4.78, 5) is 22.6. The average molecular weight is 295 g/mol. The van der Waals surface area contributed by atoms with Gasteiger partial charge in [0.25, 0.3) is 11.6 Å². The van der Waals surface area contributed by atoms with E-state index in [1.54, 1.807) is 6.92 Å². The molecular weight excluding hydrogens is 277 g/mol. The predicted molar refractivity (Wildman–Crippen MR) is 76.9 cm³/mol. The Hall–Kier alpha value is -2.18. The number of nitrogens with one attached hydrogen (secondary N) is 2. The quantitative estimate of drug-likeness (QED) is 0.646. The van der Waals surface area contributed by atoms with Gasteiger partial charge in [-0.3, -0.25) is 14.9 Å². The maximum absolute atomic E-state index is 13.8. The lowest BCUT2D eigenvalue weighted by atomic mass is 9.78. The number of hydrogen-bond acceptors (Lipinski definition) is 4. The number of hydrogen-bond donors (Lipinski definition) is 2. The molecule has 2 rings (SSSR count). The molecule has 0 aromatic heterocycles. The number of carbonyl (C=O) groups is 1. The van der Waals surface area contributed by atoms with Crippen molar-refractivity contribution < 1.29 is 14.1 Å². The molecule has 6 nitrogen and oxygen atoms in total. The van der Waals surface area contributed by atoms with Crippen molar-refractivity contribution in [2.75, 3.05) is 11.9 Å². The van der Waals surface area contributed by atoms with E-state index in [2.05, 4.69) is 10.6 Å². The number of carbonyl (C=O) groups excluding carboxylic acids is 1. The molecule has 0 atom stereocenters. The molecule has 1 saturated carbocycles. The van der Waals surface area contributed by atoms with Crippen molar-refractivity contribution in [3.05, 3.63) is 33.6 Å². The molecule has 21 heavy (non-hydrogen) atoms. The molecule has 0 unspecified atom stereocenters. The van der Waals surface area contributed by atoms with E-state index in [9.17, 15) is 19.3 Å². The minimum atomic E-state index is -0.741. The lowest BCUT2D eigenvalue weighted by Crippen LogP contribution is -2.51. The van der Waals surface area contributed by atoms with Crippen molar-refractivity contribution in [1.82, 2.24) is 5.32 Å². The van der Waals surface area contributed by atoms with Gasteiger partial charge in [-0.15, -0.1) is 0 Å². The third-order valence-electron chi connectivity index (χ3n) is 3.77. The lowest BCUT2D eigenvalue weighted by Gasteiger charge is -2.39. The van der Waals surface area contributed by atoms with Crippen LogP contribution in [0.3, 0.4) is 0 Å². The zero-order valence-corrected chi connectivity index (χ0v) is 12.0. The van der Waals surface area contributed by atoms with Crippen molar-refractivity contribution in [2.24, 2.45) is 0 Å². The summed E-state index contributed by atoms with van der Waals surface area (Å²) in [5.74, 6) is -1.28. The molecule has 0 spiro atoms. The number of amides is 1. The van der Waals surface area contributed by atoms with Crippen LogP contribution in [0, 0.1) is 15.9 Å². The topological polar surface area (TPSA) is 84.3 Å². The van der Waals surface area contributed by atoms with Gasteiger partial charge in [0.05, 0.1) is 16.7 Å². The molecule has 0 aliphatic heterocycles. The molecule has 1 aliphatic carbocycles. The lowest BCUT2D eigenvalue weighted by molar-refractivity contribution is -0.385. The van der Waals surface area contributed by atoms with Gasteiger partial charge in [0.1, 0.15) is 5.56 Å². The monoisotopic (exact) mass is 295 g/mol. The molecule has 1 aromatic rings. The predicted octanol–water partition coefficient (Wildman–Crippen LogP) is 2.84. The van der Waals surface area contributed by atoms with E-state index >= 15 is 0 Å². The van der Waals surface area contributed by atoms with Gasteiger partial charge >= 0.3 is 0 Å². The molecule has 1 aromatic carbocycles. The van der Waals surface area contributed by atoms with Crippen LogP contribution < -0.4 is 10.6 Å².